The first-order valence-corrected chi connectivity index (χ1v) is 12.2. The molecule has 0 aromatic carbocycles. The minimum atomic E-state index is -1.44. The summed E-state index contributed by atoms with van der Waals surface area (Å²) in [5.74, 6) is -3.71. The predicted octanol–water partition coefficient (Wildman–Crippen LogP) is -0.124. The average molecular weight is 503 g/mol. The molecule has 0 aliphatic rings. The number of carbonyl (C=O) groups excluding carboxylic acids is 1. The van der Waals surface area contributed by atoms with E-state index in [9.17, 15) is 19.5 Å². The fourth-order valence-corrected chi connectivity index (χ4v) is 2.66. The summed E-state index contributed by atoms with van der Waals surface area (Å²) in [7, 11) is 0. The van der Waals surface area contributed by atoms with Crippen molar-refractivity contribution in [3.8, 4) is 0 Å². The number of carboxylic acid groups (broad SMARTS) is 3. The normalized spacial score (nSPS) is 12.5. The molecule has 9 nitrogen and oxygen atoms in total. The van der Waals surface area contributed by atoms with Crippen molar-refractivity contribution < 1.29 is 74.6 Å². The summed E-state index contributed by atoms with van der Waals surface area (Å²) in [6.07, 6.45) is 14.7. The zero-order valence-corrected chi connectivity index (χ0v) is 23.7. The largest absolute Gasteiger partial charge is 1.00 e. The number of rotatable bonds is 18. The first-order chi connectivity index (χ1) is 15.5. The van der Waals surface area contributed by atoms with Crippen LogP contribution in [0, 0.1) is 0 Å². The SMILES string of the molecule is CC(O)C(=O)O.CC(O)C(=O)[O-].CCCCCCCCCCCCCCCCC(O)C(=O)O.[Na+]. The molecule has 198 valence electrons. The van der Waals surface area contributed by atoms with Crippen LogP contribution in [-0.2, 0) is 14.4 Å². The van der Waals surface area contributed by atoms with E-state index in [4.69, 9.17) is 25.5 Å². The smallest absolute Gasteiger partial charge is 0.547 e. The Balaban J connectivity index is -0.000000284. The number of aliphatic hydroxyl groups excluding tert-OH is 3. The van der Waals surface area contributed by atoms with Crippen LogP contribution in [0.25, 0.3) is 0 Å². The summed E-state index contributed by atoms with van der Waals surface area (Å²) >= 11 is 0. The molecule has 0 aliphatic heterocycles. The standard InChI is InChI=1S/C18H36O3.2C3H6O3.Na/c1-2-3-4-5-6-7-8-9-10-11-12-13-14-15-16-17(19)18(20)21;2*1-2(4)3(5)6;/h17,19H,2-16H2,1H3,(H,20,21);2*2,4H,1H3,(H,5,6);/q;;;+1/p-1. The Bertz CT molecular complexity index is 453. The molecule has 0 bridgehead atoms. The van der Waals surface area contributed by atoms with Gasteiger partial charge in [-0.1, -0.05) is 96.8 Å². The molecule has 10 heteroatoms. The van der Waals surface area contributed by atoms with Crippen LogP contribution in [0.15, 0.2) is 0 Å². The third-order valence-electron chi connectivity index (χ3n) is 4.81. The molecule has 0 aromatic heterocycles. The van der Waals surface area contributed by atoms with Gasteiger partial charge in [-0.15, -0.1) is 0 Å². The van der Waals surface area contributed by atoms with Gasteiger partial charge in [0.05, 0.1) is 12.1 Å². The number of hydrogen-bond acceptors (Lipinski definition) is 7. The van der Waals surface area contributed by atoms with Crippen LogP contribution in [0.4, 0.5) is 0 Å². The minimum absolute atomic E-state index is 0. The number of aliphatic hydroxyl groups is 3. The van der Waals surface area contributed by atoms with E-state index in [-0.39, 0.29) is 29.6 Å². The van der Waals surface area contributed by atoms with Crippen molar-refractivity contribution in [3.63, 3.8) is 0 Å². The van der Waals surface area contributed by atoms with Crippen LogP contribution >= 0.6 is 0 Å². The van der Waals surface area contributed by atoms with Gasteiger partial charge in [0.2, 0.25) is 0 Å². The molecule has 0 fully saturated rings. The van der Waals surface area contributed by atoms with E-state index < -0.39 is 36.2 Å². The topological polar surface area (TPSA) is 175 Å². The molecular weight excluding hydrogens is 455 g/mol. The van der Waals surface area contributed by atoms with Crippen LogP contribution in [0.2, 0.25) is 0 Å². The minimum Gasteiger partial charge on any atom is -0.547 e. The van der Waals surface area contributed by atoms with Crippen LogP contribution in [0.1, 0.15) is 117 Å². The molecule has 34 heavy (non-hydrogen) atoms. The second kappa shape index (κ2) is 30.3. The number of carboxylic acids is 3. The van der Waals surface area contributed by atoms with Crippen molar-refractivity contribution in [2.24, 2.45) is 0 Å². The summed E-state index contributed by atoms with van der Waals surface area (Å²) in [5.41, 5.74) is 0. The number of aliphatic carboxylic acids is 3. The zero-order chi connectivity index (χ0) is 26.1. The van der Waals surface area contributed by atoms with Gasteiger partial charge in [0.15, 0.2) is 6.10 Å². The maximum Gasteiger partial charge on any atom is 1.00 e. The first-order valence-electron chi connectivity index (χ1n) is 12.2. The summed E-state index contributed by atoms with van der Waals surface area (Å²) in [6, 6.07) is 0. The van der Waals surface area contributed by atoms with Crippen molar-refractivity contribution >= 4 is 17.9 Å². The van der Waals surface area contributed by atoms with Gasteiger partial charge in [0.25, 0.3) is 0 Å². The molecule has 0 saturated heterocycles. The van der Waals surface area contributed by atoms with Crippen molar-refractivity contribution in [2.45, 2.75) is 135 Å². The molecule has 3 unspecified atom stereocenters. The summed E-state index contributed by atoms with van der Waals surface area (Å²) in [5, 5.41) is 50.7. The van der Waals surface area contributed by atoms with Crippen LogP contribution in [-0.4, -0.2) is 61.8 Å². The first kappa shape index (κ1) is 40.5. The predicted molar refractivity (Wildman–Crippen MR) is 125 cm³/mol. The monoisotopic (exact) mass is 502 g/mol. The fourth-order valence-electron chi connectivity index (χ4n) is 2.66. The molecule has 3 atom stereocenters. The summed E-state index contributed by atoms with van der Waals surface area (Å²) in [4.78, 5) is 29.2. The van der Waals surface area contributed by atoms with E-state index in [2.05, 4.69) is 6.92 Å². The van der Waals surface area contributed by atoms with Gasteiger partial charge < -0.3 is 35.4 Å². The van der Waals surface area contributed by atoms with E-state index in [1.165, 1.54) is 84.0 Å². The summed E-state index contributed by atoms with van der Waals surface area (Å²) in [6.45, 7) is 4.59. The van der Waals surface area contributed by atoms with Crippen molar-refractivity contribution in [1.29, 1.82) is 0 Å². The van der Waals surface area contributed by atoms with Gasteiger partial charge >= 0.3 is 41.5 Å². The summed E-state index contributed by atoms with van der Waals surface area (Å²) < 4.78 is 0. The van der Waals surface area contributed by atoms with Gasteiger partial charge in [-0.25, -0.2) is 9.59 Å². The Morgan fingerprint density at radius 2 is 0.882 bits per heavy atom. The number of hydrogen-bond donors (Lipinski definition) is 5. The van der Waals surface area contributed by atoms with Gasteiger partial charge in [0.1, 0.15) is 6.10 Å². The van der Waals surface area contributed by atoms with Gasteiger partial charge in [-0.3, -0.25) is 0 Å². The second-order valence-electron chi connectivity index (χ2n) is 8.25. The molecule has 0 heterocycles. The average Bonchev–Trinajstić information content (AvgIpc) is 2.74. The van der Waals surface area contributed by atoms with E-state index in [1.807, 2.05) is 0 Å². The molecule has 0 radical (unpaired) electrons. The Hall–Kier alpha value is -0.710. The zero-order valence-electron chi connectivity index (χ0n) is 21.7. The van der Waals surface area contributed by atoms with E-state index in [0.717, 1.165) is 19.8 Å². The van der Waals surface area contributed by atoms with Crippen molar-refractivity contribution in [3.05, 3.63) is 0 Å². The third kappa shape index (κ3) is 38.5. The molecule has 0 aliphatic carbocycles. The van der Waals surface area contributed by atoms with Crippen LogP contribution < -0.4 is 34.7 Å². The maximum absolute atomic E-state index is 10.4. The quantitative estimate of drug-likeness (QED) is 0.126. The molecule has 0 spiro atoms. The number of carbonyl (C=O) groups is 3. The fraction of sp³-hybridized carbons (Fsp3) is 0.875. The molecule has 0 saturated carbocycles. The van der Waals surface area contributed by atoms with Crippen LogP contribution in [0.3, 0.4) is 0 Å². The maximum atomic E-state index is 10.4. The van der Waals surface area contributed by atoms with Crippen molar-refractivity contribution in [2.75, 3.05) is 0 Å². The van der Waals surface area contributed by atoms with E-state index in [0.29, 0.717) is 6.42 Å². The van der Waals surface area contributed by atoms with Crippen molar-refractivity contribution in [1.82, 2.24) is 0 Å². The van der Waals surface area contributed by atoms with Gasteiger partial charge in [-0.2, -0.15) is 0 Å². The Labute approximate surface area is 227 Å². The van der Waals surface area contributed by atoms with E-state index >= 15 is 0 Å². The van der Waals surface area contributed by atoms with Crippen LogP contribution in [0.5, 0.6) is 0 Å². The van der Waals surface area contributed by atoms with Gasteiger partial charge in [-0.05, 0) is 20.3 Å². The molecule has 0 aromatic rings. The second-order valence-corrected chi connectivity index (χ2v) is 8.25. The Morgan fingerprint density at radius 1 is 0.618 bits per heavy atom. The molecule has 0 amide bonds. The molecule has 0 rings (SSSR count). The van der Waals surface area contributed by atoms with E-state index in [1.54, 1.807) is 0 Å². The third-order valence-corrected chi connectivity index (χ3v) is 4.81. The molecular formula is C24H47NaO9. The molecule has 5 N–H and O–H groups in total. The Morgan fingerprint density at radius 3 is 1.09 bits per heavy atom. The van der Waals surface area contributed by atoms with Gasteiger partial charge in [0, 0.05) is 0 Å². The number of unbranched alkanes of at least 4 members (excludes halogenated alkanes) is 13. The Kier molecular flexibility index (Phi) is 36.1.